The molecule has 0 aromatic carbocycles. The molecule has 5 rings (SSSR count). The highest BCUT2D eigenvalue weighted by Gasteiger charge is 2.57. The van der Waals surface area contributed by atoms with Crippen LogP contribution in [0.15, 0.2) is 36.1 Å². The maximum absolute atomic E-state index is 12.8. The van der Waals surface area contributed by atoms with Crippen molar-refractivity contribution in [1.82, 2.24) is 30.0 Å². The van der Waals surface area contributed by atoms with Crippen LogP contribution in [-0.2, 0) is 6.18 Å². The van der Waals surface area contributed by atoms with Crippen LogP contribution in [0.25, 0.3) is 10.7 Å². The van der Waals surface area contributed by atoms with Crippen LogP contribution >= 0.6 is 11.3 Å². The minimum Gasteiger partial charge on any atom is -0.477 e. The van der Waals surface area contributed by atoms with Gasteiger partial charge in [0.1, 0.15) is 22.6 Å². The van der Waals surface area contributed by atoms with Gasteiger partial charge in [0.25, 0.3) is 5.91 Å². The smallest absolute Gasteiger partial charge is 0.433 e. The summed E-state index contributed by atoms with van der Waals surface area (Å²) in [5.41, 5.74) is 1.35. The van der Waals surface area contributed by atoms with Crippen LogP contribution in [-0.4, -0.2) is 55.7 Å². The molecule has 2 fully saturated rings. The zero-order valence-electron chi connectivity index (χ0n) is 15.9. The molecule has 3 atom stereocenters. The van der Waals surface area contributed by atoms with Crippen LogP contribution in [0, 0.1) is 17.8 Å². The summed E-state index contributed by atoms with van der Waals surface area (Å²) in [5, 5.41) is 8.29. The Morgan fingerprint density at radius 1 is 1.19 bits per heavy atom. The molecule has 3 aromatic heterocycles. The molecule has 3 aromatic rings. The third kappa shape index (κ3) is 3.94. The molecule has 8 nitrogen and oxygen atoms in total. The van der Waals surface area contributed by atoms with E-state index in [-0.39, 0.29) is 41.8 Å². The summed E-state index contributed by atoms with van der Waals surface area (Å²) >= 11 is 1.31. The number of carbonyl (C=O) groups excluding carboxylic acids is 1. The summed E-state index contributed by atoms with van der Waals surface area (Å²) in [7, 11) is 0. The molecule has 12 heteroatoms. The van der Waals surface area contributed by atoms with Gasteiger partial charge in [-0.1, -0.05) is 17.4 Å². The zero-order valence-corrected chi connectivity index (χ0v) is 16.7. The third-order valence-electron chi connectivity index (χ3n) is 5.53. The van der Waals surface area contributed by atoms with Crippen LogP contribution in [0.5, 0.6) is 5.88 Å². The molecule has 2 aliphatic rings. The number of likely N-dealkylation sites (tertiary alicyclic amines) is 1. The van der Waals surface area contributed by atoms with Gasteiger partial charge in [-0.25, -0.2) is 9.97 Å². The van der Waals surface area contributed by atoms with E-state index in [1.54, 1.807) is 10.4 Å². The van der Waals surface area contributed by atoms with Gasteiger partial charge >= 0.3 is 6.18 Å². The van der Waals surface area contributed by atoms with Gasteiger partial charge < -0.3 is 9.64 Å². The van der Waals surface area contributed by atoms with E-state index in [9.17, 15) is 18.0 Å². The summed E-state index contributed by atoms with van der Waals surface area (Å²) in [6.45, 7) is 1.38. The van der Waals surface area contributed by atoms with Crippen molar-refractivity contribution >= 4 is 17.2 Å². The molecule has 1 saturated heterocycles. The number of hydrogen-bond donors (Lipinski definition) is 0. The Balaban J connectivity index is 1.17. The van der Waals surface area contributed by atoms with Crippen LogP contribution < -0.4 is 4.74 Å². The molecule has 1 saturated carbocycles. The van der Waals surface area contributed by atoms with Gasteiger partial charge in [0.15, 0.2) is 5.01 Å². The van der Waals surface area contributed by atoms with Crippen molar-refractivity contribution in [3.63, 3.8) is 0 Å². The van der Waals surface area contributed by atoms with Crippen molar-refractivity contribution in [1.29, 1.82) is 0 Å². The molecule has 4 heterocycles. The molecule has 31 heavy (non-hydrogen) atoms. The van der Waals surface area contributed by atoms with Crippen LogP contribution in [0.3, 0.4) is 0 Å². The zero-order chi connectivity index (χ0) is 21.6. The number of amides is 1. The fraction of sp³-hybridized carbons (Fsp3) is 0.368. The highest BCUT2D eigenvalue weighted by atomic mass is 32.1. The predicted octanol–water partition coefficient (Wildman–Crippen LogP) is 2.81. The summed E-state index contributed by atoms with van der Waals surface area (Å²) in [6.07, 6.45) is -1.54. The van der Waals surface area contributed by atoms with Gasteiger partial charge in [-0.15, -0.1) is 10.2 Å². The van der Waals surface area contributed by atoms with Gasteiger partial charge in [0, 0.05) is 25.1 Å². The molecule has 160 valence electrons. The van der Waals surface area contributed by atoms with E-state index >= 15 is 0 Å². The number of halogens is 3. The first-order chi connectivity index (χ1) is 14.9. The summed E-state index contributed by atoms with van der Waals surface area (Å²) < 4.78 is 43.8. The van der Waals surface area contributed by atoms with E-state index in [1.165, 1.54) is 35.9 Å². The summed E-state index contributed by atoms with van der Waals surface area (Å²) in [6, 6.07) is 3.59. The van der Waals surface area contributed by atoms with E-state index in [4.69, 9.17) is 4.74 Å². The van der Waals surface area contributed by atoms with Gasteiger partial charge in [-0.3, -0.25) is 9.78 Å². The number of rotatable bonds is 5. The second-order valence-corrected chi connectivity index (χ2v) is 8.24. The molecule has 1 aliphatic heterocycles. The molecule has 0 radical (unpaired) electrons. The summed E-state index contributed by atoms with van der Waals surface area (Å²) in [5.74, 6) is 0.462. The maximum Gasteiger partial charge on any atom is 0.433 e. The second kappa shape index (κ2) is 7.52. The normalized spacial score (nSPS) is 22.3. The van der Waals surface area contributed by atoms with E-state index in [0.717, 1.165) is 6.07 Å². The predicted molar refractivity (Wildman–Crippen MR) is 102 cm³/mol. The van der Waals surface area contributed by atoms with Crippen molar-refractivity contribution in [2.75, 3.05) is 19.7 Å². The first kappa shape index (κ1) is 19.8. The monoisotopic (exact) mass is 448 g/mol. The topological polar surface area (TPSA) is 94.0 Å². The van der Waals surface area contributed by atoms with Gasteiger partial charge in [0.05, 0.1) is 19.0 Å². The first-order valence-corrected chi connectivity index (χ1v) is 10.3. The third-order valence-corrected chi connectivity index (χ3v) is 6.24. The number of fused-ring (bicyclic) bond motifs is 1. The van der Waals surface area contributed by atoms with Gasteiger partial charge in [0.2, 0.25) is 5.88 Å². The van der Waals surface area contributed by atoms with Crippen molar-refractivity contribution in [3.05, 3.63) is 47.5 Å². The lowest BCUT2D eigenvalue weighted by Crippen LogP contribution is -2.33. The van der Waals surface area contributed by atoms with Crippen molar-refractivity contribution < 1.29 is 22.7 Å². The van der Waals surface area contributed by atoms with E-state index in [0.29, 0.717) is 23.8 Å². The number of nitrogens with zero attached hydrogens (tertiary/aromatic N) is 6. The maximum atomic E-state index is 12.8. The van der Waals surface area contributed by atoms with E-state index < -0.39 is 11.9 Å². The Kier molecular flexibility index (Phi) is 4.80. The molecule has 0 N–H and O–H groups in total. The number of pyridine rings is 1. The Hall–Kier alpha value is -3.15. The molecule has 0 bridgehead atoms. The van der Waals surface area contributed by atoms with Gasteiger partial charge in [-0.05, 0) is 17.9 Å². The number of ether oxygens (including phenoxy) is 1. The Morgan fingerprint density at radius 3 is 2.71 bits per heavy atom. The Labute approximate surface area is 178 Å². The van der Waals surface area contributed by atoms with E-state index in [1.807, 2.05) is 0 Å². The van der Waals surface area contributed by atoms with Crippen LogP contribution in [0.4, 0.5) is 13.2 Å². The standard InChI is InChI=1S/C19H15F3N6O2S/c20-19(21,22)15-2-1-3-16(26-15)30-8-12-10-6-28(7-11(10)12)18(29)14-5-23-4-13(25-14)17-27-24-9-31-17/h1-5,9-12H,6-8H2/t10-,11+,12+. The number of hydrogen-bond acceptors (Lipinski definition) is 8. The quantitative estimate of drug-likeness (QED) is 0.592. The molecular weight excluding hydrogens is 433 g/mol. The van der Waals surface area contributed by atoms with Gasteiger partial charge in [-0.2, -0.15) is 13.2 Å². The molecule has 1 aliphatic carbocycles. The first-order valence-electron chi connectivity index (χ1n) is 9.45. The molecule has 1 amide bonds. The van der Waals surface area contributed by atoms with Crippen LogP contribution in [0.1, 0.15) is 16.2 Å². The molecular formula is C19H15F3N6O2S. The van der Waals surface area contributed by atoms with Crippen molar-refractivity contribution in [2.24, 2.45) is 17.8 Å². The lowest BCUT2D eigenvalue weighted by atomic mass is 10.2. The number of piperidine rings is 1. The average molecular weight is 448 g/mol. The second-order valence-electron chi connectivity index (χ2n) is 7.40. The lowest BCUT2D eigenvalue weighted by Gasteiger charge is -2.19. The number of carbonyl (C=O) groups is 1. The molecule has 0 unspecified atom stereocenters. The Bertz CT molecular complexity index is 1100. The van der Waals surface area contributed by atoms with E-state index in [2.05, 4.69) is 25.1 Å². The van der Waals surface area contributed by atoms with Crippen LogP contribution in [0.2, 0.25) is 0 Å². The lowest BCUT2D eigenvalue weighted by molar-refractivity contribution is -0.141. The van der Waals surface area contributed by atoms with Crippen molar-refractivity contribution in [3.8, 4) is 16.6 Å². The average Bonchev–Trinajstić information content (AvgIpc) is 3.16. The fourth-order valence-corrected chi connectivity index (χ4v) is 4.42. The van der Waals surface area contributed by atoms with Crippen molar-refractivity contribution in [2.45, 2.75) is 6.18 Å². The highest BCUT2D eigenvalue weighted by Crippen LogP contribution is 2.52. The summed E-state index contributed by atoms with van der Waals surface area (Å²) in [4.78, 5) is 26.5. The Morgan fingerprint density at radius 2 is 2.00 bits per heavy atom. The minimum atomic E-state index is -4.51. The SMILES string of the molecule is O=C(c1cncc(-c2nncs2)n1)N1C[C@@H]2[C@@H](COc3cccc(C(F)(F)F)n3)[C@@H]2C1. The highest BCUT2D eigenvalue weighted by molar-refractivity contribution is 7.12. The minimum absolute atomic E-state index is 0.0449. The number of aromatic nitrogens is 5. The number of alkyl halides is 3. The fourth-order valence-electron chi connectivity index (χ4n) is 3.92. The largest absolute Gasteiger partial charge is 0.477 e. The molecule has 0 spiro atoms.